The van der Waals surface area contributed by atoms with Gasteiger partial charge < -0.3 is 20.3 Å². The second-order valence-electron chi connectivity index (χ2n) is 5.79. The third-order valence-electron chi connectivity index (χ3n) is 3.56. The Morgan fingerprint density at radius 2 is 1.54 bits per heavy atom. The van der Waals surface area contributed by atoms with E-state index in [2.05, 4.69) is 15.4 Å². The van der Waals surface area contributed by atoms with E-state index < -0.39 is 17.8 Å². The maximum atomic E-state index is 12.0. The van der Waals surface area contributed by atoms with Crippen LogP contribution in [0.5, 0.6) is 0 Å². The maximum Gasteiger partial charge on any atom is 0.337 e. The van der Waals surface area contributed by atoms with E-state index in [-0.39, 0.29) is 6.42 Å². The molecule has 0 aromatic heterocycles. The van der Waals surface area contributed by atoms with Crippen LogP contribution in [-0.2, 0) is 14.3 Å². The average molecular weight is 355 g/mol. The molecule has 0 atom stereocenters. The van der Waals surface area contributed by atoms with Crippen molar-refractivity contribution in [1.29, 1.82) is 0 Å². The molecule has 7 nitrogen and oxygen atoms in total. The minimum Gasteiger partial charge on any atom is -0.465 e. The molecule has 7 heteroatoms. The Morgan fingerprint density at radius 3 is 2.12 bits per heavy atom. The molecule has 0 heterocycles. The maximum absolute atomic E-state index is 12.0. The Kier molecular flexibility index (Phi) is 6.32. The number of methoxy groups -OCH3 is 1. The fourth-order valence-corrected chi connectivity index (χ4v) is 2.24. The number of nitrogens with zero attached hydrogens (tertiary/aromatic N) is 1. The number of carbonyl (C=O) groups excluding carboxylic acids is 3. The van der Waals surface area contributed by atoms with Crippen LogP contribution in [0.3, 0.4) is 0 Å². The minimum absolute atomic E-state index is 0.315. The highest BCUT2D eigenvalue weighted by Gasteiger charge is 2.12. The van der Waals surface area contributed by atoms with Crippen molar-refractivity contribution in [2.75, 3.05) is 36.7 Å². The van der Waals surface area contributed by atoms with Gasteiger partial charge in [-0.05, 0) is 42.5 Å². The monoisotopic (exact) mass is 355 g/mol. The van der Waals surface area contributed by atoms with E-state index in [1.807, 2.05) is 31.1 Å². The Morgan fingerprint density at radius 1 is 0.923 bits per heavy atom. The van der Waals surface area contributed by atoms with Gasteiger partial charge in [0.2, 0.25) is 11.8 Å². The fourth-order valence-electron chi connectivity index (χ4n) is 2.24. The number of hydrogen-bond acceptors (Lipinski definition) is 5. The number of anilines is 3. The van der Waals surface area contributed by atoms with Gasteiger partial charge in [0.25, 0.3) is 0 Å². The van der Waals surface area contributed by atoms with Gasteiger partial charge in [0.1, 0.15) is 6.42 Å². The number of benzene rings is 2. The smallest absolute Gasteiger partial charge is 0.337 e. The molecule has 0 radical (unpaired) electrons. The van der Waals surface area contributed by atoms with Crippen LogP contribution in [0.1, 0.15) is 16.8 Å². The lowest BCUT2D eigenvalue weighted by Gasteiger charge is -2.13. The summed E-state index contributed by atoms with van der Waals surface area (Å²) in [6.07, 6.45) is -0.335. The first-order valence-corrected chi connectivity index (χ1v) is 7.94. The first-order valence-electron chi connectivity index (χ1n) is 7.94. The van der Waals surface area contributed by atoms with Crippen LogP contribution in [0.2, 0.25) is 0 Å². The molecule has 0 saturated heterocycles. The van der Waals surface area contributed by atoms with Gasteiger partial charge in [-0.3, -0.25) is 9.59 Å². The molecule has 2 aromatic carbocycles. The summed E-state index contributed by atoms with van der Waals surface area (Å²) in [5.74, 6) is -1.40. The lowest BCUT2D eigenvalue weighted by molar-refractivity contribution is -0.123. The van der Waals surface area contributed by atoms with Gasteiger partial charge in [-0.25, -0.2) is 4.79 Å². The van der Waals surface area contributed by atoms with Crippen molar-refractivity contribution in [3.8, 4) is 0 Å². The summed E-state index contributed by atoms with van der Waals surface area (Å²) < 4.78 is 4.63. The van der Waals surface area contributed by atoms with E-state index in [1.165, 1.54) is 13.2 Å². The highest BCUT2D eigenvalue weighted by atomic mass is 16.5. The van der Waals surface area contributed by atoms with E-state index >= 15 is 0 Å². The van der Waals surface area contributed by atoms with Crippen molar-refractivity contribution in [2.45, 2.75) is 6.42 Å². The highest BCUT2D eigenvalue weighted by molar-refractivity contribution is 6.08. The molecule has 136 valence electrons. The van der Waals surface area contributed by atoms with Gasteiger partial charge in [0.15, 0.2) is 0 Å². The predicted octanol–water partition coefficient (Wildman–Crippen LogP) is 2.51. The first-order chi connectivity index (χ1) is 12.4. The summed E-state index contributed by atoms with van der Waals surface area (Å²) in [4.78, 5) is 37.5. The van der Waals surface area contributed by atoms with E-state index in [1.54, 1.807) is 30.3 Å². The summed E-state index contributed by atoms with van der Waals surface area (Å²) >= 11 is 0. The molecule has 0 spiro atoms. The molecule has 0 saturated carbocycles. The molecule has 0 aliphatic carbocycles. The van der Waals surface area contributed by atoms with Crippen LogP contribution < -0.4 is 15.5 Å². The summed E-state index contributed by atoms with van der Waals surface area (Å²) in [7, 11) is 5.13. The van der Waals surface area contributed by atoms with Crippen LogP contribution in [0.4, 0.5) is 17.1 Å². The molecule has 2 N–H and O–H groups in total. The Hall–Kier alpha value is -3.35. The molecular weight excluding hydrogens is 334 g/mol. The molecule has 2 aromatic rings. The molecule has 2 amide bonds. The number of rotatable bonds is 6. The van der Waals surface area contributed by atoms with Gasteiger partial charge in [-0.1, -0.05) is 6.07 Å². The molecule has 0 aliphatic rings. The van der Waals surface area contributed by atoms with Gasteiger partial charge in [0.05, 0.1) is 12.7 Å². The number of nitrogens with one attached hydrogen (secondary N) is 2. The summed E-state index contributed by atoms with van der Waals surface area (Å²) in [5.41, 5.74) is 2.35. The molecule has 0 fully saturated rings. The SMILES string of the molecule is COC(=O)c1cccc(NC(=O)CC(=O)Nc2ccc(N(C)C)cc2)c1. The fraction of sp³-hybridized carbons (Fsp3) is 0.211. The lowest BCUT2D eigenvalue weighted by Crippen LogP contribution is -2.21. The van der Waals surface area contributed by atoms with E-state index in [0.717, 1.165) is 5.69 Å². The van der Waals surface area contributed by atoms with Crippen LogP contribution in [-0.4, -0.2) is 39.0 Å². The van der Waals surface area contributed by atoms with Gasteiger partial charge in [-0.15, -0.1) is 0 Å². The number of amides is 2. The van der Waals surface area contributed by atoms with Gasteiger partial charge in [-0.2, -0.15) is 0 Å². The molecule has 0 bridgehead atoms. The van der Waals surface area contributed by atoms with Crippen molar-refractivity contribution in [1.82, 2.24) is 0 Å². The van der Waals surface area contributed by atoms with Crippen molar-refractivity contribution in [2.24, 2.45) is 0 Å². The zero-order valence-corrected chi connectivity index (χ0v) is 14.9. The van der Waals surface area contributed by atoms with E-state index in [0.29, 0.717) is 16.9 Å². The Labute approximate surface area is 152 Å². The largest absolute Gasteiger partial charge is 0.465 e. The van der Waals surface area contributed by atoms with Gasteiger partial charge in [0, 0.05) is 31.2 Å². The normalized spacial score (nSPS) is 9.96. The summed E-state index contributed by atoms with van der Waals surface area (Å²) in [6, 6.07) is 13.6. The van der Waals surface area contributed by atoms with Crippen molar-refractivity contribution < 1.29 is 19.1 Å². The first kappa shape index (κ1) is 19.0. The van der Waals surface area contributed by atoms with Crippen molar-refractivity contribution >= 4 is 34.8 Å². The molecule has 0 aliphatic heterocycles. The molecule has 26 heavy (non-hydrogen) atoms. The van der Waals surface area contributed by atoms with Crippen LogP contribution >= 0.6 is 0 Å². The summed E-state index contributed by atoms with van der Waals surface area (Å²) in [5, 5.41) is 5.26. The van der Waals surface area contributed by atoms with Crippen molar-refractivity contribution in [3.05, 3.63) is 54.1 Å². The summed E-state index contributed by atoms with van der Waals surface area (Å²) in [6.45, 7) is 0. The number of esters is 1. The lowest BCUT2D eigenvalue weighted by atomic mass is 10.2. The average Bonchev–Trinajstić information content (AvgIpc) is 2.61. The zero-order chi connectivity index (χ0) is 19.1. The Bertz CT molecular complexity index is 801. The second kappa shape index (κ2) is 8.66. The third-order valence-corrected chi connectivity index (χ3v) is 3.56. The highest BCUT2D eigenvalue weighted by Crippen LogP contribution is 2.16. The molecule has 0 unspecified atom stereocenters. The topological polar surface area (TPSA) is 87.7 Å². The van der Waals surface area contributed by atoms with E-state index in [9.17, 15) is 14.4 Å². The zero-order valence-electron chi connectivity index (χ0n) is 14.9. The molecule has 2 rings (SSSR count). The quantitative estimate of drug-likeness (QED) is 0.614. The second-order valence-corrected chi connectivity index (χ2v) is 5.79. The van der Waals surface area contributed by atoms with Crippen LogP contribution in [0.15, 0.2) is 48.5 Å². The number of ether oxygens (including phenoxy) is 1. The van der Waals surface area contributed by atoms with E-state index in [4.69, 9.17) is 0 Å². The van der Waals surface area contributed by atoms with Crippen molar-refractivity contribution in [3.63, 3.8) is 0 Å². The third kappa shape index (κ3) is 5.34. The van der Waals surface area contributed by atoms with Crippen LogP contribution in [0, 0.1) is 0 Å². The number of hydrogen-bond donors (Lipinski definition) is 2. The number of carbonyl (C=O) groups is 3. The minimum atomic E-state index is -0.500. The van der Waals surface area contributed by atoms with Crippen LogP contribution in [0.25, 0.3) is 0 Å². The van der Waals surface area contributed by atoms with Gasteiger partial charge >= 0.3 is 5.97 Å². The molecular formula is C19H21N3O4. The Balaban J connectivity index is 1.91. The predicted molar refractivity (Wildman–Crippen MR) is 100 cm³/mol. The standard InChI is InChI=1S/C19H21N3O4/c1-22(2)16-9-7-14(8-10-16)20-17(23)12-18(24)21-15-6-4-5-13(11-15)19(25)26-3/h4-11H,12H2,1-3H3,(H,20,23)(H,21,24).